The lowest BCUT2D eigenvalue weighted by Crippen LogP contribution is -2.54. The minimum atomic E-state index is -1.35. The molecule has 2 bridgehead atoms. The number of aliphatic carboxylic acids is 2. The van der Waals surface area contributed by atoms with E-state index in [0.29, 0.717) is 11.6 Å². The Balaban J connectivity index is 1.29. The summed E-state index contributed by atoms with van der Waals surface area (Å²) in [6.07, 6.45) is 1.22. The second-order valence-electron chi connectivity index (χ2n) is 12.8. The highest BCUT2D eigenvalue weighted by molar-refractivity contribution is 5.97. The predicted molar refractivity (Wildman–Crippen MR) is 164 cm³/mol. The van der Waals surface area contributed by atoms with Crippen LogP contribution < -0.4 is 32.1 Å². The second kappa shape index (κ2) is 11.9. The van der Waals surface area contributed by atoms with Gasteiger partial charge in [-0.2, -0.15) is 4.98 Å². The normalized spacial score (nSPS) is 25.0. The lowest BCUT2D eigenvalue weighted by molar-refractivity contribution is -0.140. The molecule has 5 rings (SSSR count). The fourth-order valence-electron chi connectivity index (χ4n) is 6.95. The zero-order valence-corrected chi connectivity index (χ0v) is 25.4. The first-order valence-corrected chi connectivity index (χ1v) is 14.9. The Hall–Kier alpha value is -4.82. The first-order valence-electron chi connectivity index (χ1n) is 14.9. The van der Waals surface area contributed by atoms with Crippen LogP contribution >= 0.6 is 0 Å². The molecule has 3 aliphatic rings. The van der Waals surface area contributed by atoms with Gasteiger partial charge >= 0.3 is 18.0 Å². The van der Waals surface area contributed by atoms with Crippen LogP contribution in [0.5, 0.6) is 0 Å². The van der Waals surface area contributed by atoms with Gasteiger partial charge in [0.1, 0.15) is 12.1 Å². The van der Waals surface area contributed by atoms with Gasteiger partial charge in [0.05, 0.1) is 6.04 Å². The summed E-state index contributed by atoms with van der Waals surface area (Å²) < 4.78 is 6.17. The quantitative estimate of drug-likeness (QED) is 0.202. The number of carboxylic acid groups (broad SMARTS) is 2. The maximum absolute atomic E-state index is 13.9. The molecule has 15 nitrogen and oxygen atoms in total. The number of carbonyl (C=O) groups excluding carboxylic acids is 2. The molecule has 2 saturated carbocycles. The molecule has 2 heterocycles. The number of hydrogen-bond donors (Lipinski definition) is 7. The zero-order chi connectivity index (χ0) is 32.7. The zero-order valence-electron chi connectivity index (χ0n) is 25.4. The van der Waals surface area contributed by atoms with Gasteiger partial charge in [0.2, 0.25) is 5.95 Å². The van der Waals surface area contributed by atoms with Crippen molar-refractivity contribution in [1.29, 1.82) is 0 Å². The second-order valence-corrected chi connectivity index (χ2v) is 12.8. The number of fused-ring (bicyclic) bond motifs is 3. The Bertz CT molecular complexity index is 1560. The van der Waals surface area contributed by atoms with Crippen LogP contribution in [0, 0.1) is 16.7 Å². The highest BCUT2D eigenvalue weighted by Gasteiger charge is 2.63. The number of rotatable bonds is 10. The Morgan fingerprint density at radius 2 is 1.89 bits per heavy atom. The maximum Gasteiger partial charge on any atom is 0.415 e. The van der Waals surface area contributed by atoms with Crippen LogP contribution in [0.3, 0.4) is 0 Å². The van der Waals surface area contributed by atoms with Crippen LogP contribution in [-0.2, 0) is 14.3 Å². The van der Waals surface area contributed by atoms with Crippen LogP contribution in [0.15, 0.2) is 29.1 Å². The average Bonchev–Trinajstić information content (AvgIpc) is 3.31. The molecule has 242 valence electrons. The van der Waals surface area contributed by atoms with Gasteiger partial charge in [-0.3, -0.25) is 24.3 Å². The fraction of sp³-hybridized carbons (Fsp3) is 0.533. The largest absolute Gasteiger partial charge is 0.481 e. The average molecular weight is 626 g/mol. The van der Waals surface area contributed by atoms with E-state index in [2.05, 4.69) is 46.7 Å². The molecule has 0 saturated heterocycles. The van der Waals surface area contributed by atoms with E-state index in [1.807, 2.05) is 0 Å². The first-order chi connectivity index (χ1) is 21.2. The summed E-state index contributed by atoms with van der Waals surface area (Å²) in [6, 6.07) is 4.29. The molecule has 1 aromatic carbocycles. The van der Waals surface area contributed by atoms with Crippen molar-refractivity contribution in [3.63, 3.8) is 0 Å². The number of aromatic amines is 1. The van der Waals surface area contributed by atoms with Crippen molar-refractivity contribution < 1.29 is 34.1 Å². The number of benzene rings is 1. The van der Waals surface area contributed by atoms with Crippen molar-refractivity contribution in [3.05, 3.63) is 40.2 Å². The molecule has 5 atom stereocenters. The van der Waals surface area contributed by atoms with Gasteiger partial charge in [0, 0.05) is 36.2 Å². The maximum atomic E-state index is 13.9. The molecular weight excluding hydrogens is 586 g/mol. The summed E-state index contributed by atoms with van der Waals surface area (Å²) in [5.41, 5.74) is 5.81. The molecule has 1 aromatic heterocycles. The van der Waals surface area contributed by atoms with Gasteiger partial charge in [-0.25, -0.2) is 9.59 Å². The number of nitrogens with zero attached hydrogens (tertiary/aromatic N) is 2. The molecule has 5 unspecified atom stereocenters. The van der Waals surface area contributed by atoms with E-state index in [-0.39, 0.29) is 59.5 Å². The summed E-state index contributed by atoms with van der Waals surface area (Å²) >= 11 is 0. The number of nitrogens with one attached hydrogen (secondary N) is 4. The third-order valence-corrected chi connectivity index (χ3v) is 10.1. The van der Waals surface area contributed by atoms with E-state index >= 15 is 0 Å². The molecule has 1 aliphatic heterocycles. The number of nitrogen functional groups attached to an aromatic ring is 1. The number of ether oxygens (including phenoxy) is 1. The molecule has 2 amide bonds. The lowest BCUT2D eigenvalue weighted by Gasteiger charge is -2.41. The van der Waals surface area contributed by atoms with Crippen molar-refractivity contribution in [3.8, 4) is 0 Å². The molecule has 45 heavy (non-hydrogen) atoms. The monoisotopic (exact) mass is 625 g/mol. The number of nitrogens with two attached hydrogens (primary N) is 1. The van der Waals surface area contributed by atoms with Crippen molar-refractivity contribution in [2.75, 3.05) is 34.4 Å². The number of aromatic nitrogens is 2. The lowest BCUT2D eigenvalue weighted by atomic mass is 9.70. The highest BCUT2D eigenvalue weighted by atomic mass is 16.6. The smallest absolute Gasteiger partial charge is 0.415 e. The van der Waals surface area contributed by atoms with Gasteiger partial charge < -0.3 is 36.6 Å². The van der Waals surface area contributed by atoms with Gasteiger partial charge in [-0.05, 0) is 61.3 Å². The molecule has 2 aromatic rings. The molecule has 15 heteroatoms. The molecule has 8 N–H and O–H groups in total. The van der Waals surface area contributed by atoms with E-state index in [0.717, 1.165) is 19.3 Å². The molecular formula is C30H39N7O8. The van der Waals surface area contributed by atoms with Crippen molar-refractivity contribution in [2.45, 2.75) is 71.1 Å². The van der Waals surface area contributed by atoms with Gasteiger partial charge in [0.15, 0.2) is 11.5 Å². The van der Waals surface area contributed by atoms with E-state index < -0.39 is 48.0 Å². The SMILES string of the molecule is CC1(C)C2CCC1(C)C(OC(=O)N1c3c(nc(N)[nH]c3=O)NCC1CNc1ccc(C(=O)NC(CCC(=O)O)C(=O)O)cc1)C2. The van der Waals surface area contributed by atoms with Crippen LogP contribution in [0.25, 0.3) is 0 Å². The number of hydrogen-bond acceptors (Lipinski definition) is 10. The minimum absolute atomic E-state index is 0.0164. The van der Waals surface area contributed by atoms with Gasteiger partial charge in [-0.15, -0.1) is 0 Å². The minimum Gasteiger partial charge on any atom is -0.481 e. The Morgan fingerprint density at radius 3 is 2.49 bits per heavy atom. The summed E-state index contributed by atoms with van der Waals surface area (Å²) in [4.78, 5) is 69.8. The Labute approximate surface area is 258 Å². The van der Waals surface area contributed by atoms with Gasteiger partial charge in [-0.1, -0.05) is 20.8 Å². The topological polar surface area (TPSA) is 229 Å². The molecule has 2 fully saturated rings. The van der Waals surface area contributed by atoms with Crippen LogP contribution in [-0.4, -0.2) is 75.4 Å². The van der Waals surface area contributed by atoms with Gasteiger partial charge in [0.25, 0.3) is 11.5 Å². The number of carboxylic acids is 2. The molecule has 0 radical (unpaired) electrons. The first kappa shape index (κ1) is 31.6. The summed E-state index contributed by atoms with van der Waals surface area (Å²) in [7, 11) is 0. The summed E-state index contributed by atoms with van der Waals surface area (Å²) in [5, 5.41) is 26.8. The summed E-state index contributed by atoms with van der Waals surface area (Å²) in [5.74, 6) is -2.61. The highest BCUT2D eigenvalue weighted by Crippen LogP contribution is 2.66. The van der Waals surface area contributed by atoms with Crippen molar-refractivity contribution in [2.24, 2.45) is 16.7 Å². The third kappa shape index (κ3) is 5.98. The summed E-state index contributed by atoms with van der Waals surface area (Å²) in [6.45, 7) is 7.06. The Morgan fingerprint density at radius 1 is 1.18 bits per heavy atom. The van der Waals surface area contributed by atoms with Crippen LogP contribution in [0.2, 0.25) is 0 Å². The Kier molecular flexibility index (Phi) is 8.38. The fourth-order valence-corrected chi connectivity index (χ4v) is 6.95. The van der Waals surface area contributed by atoms with E-state index in [1.54, 1.807) is 12.1 Å². The van der Waals surface area contributed by atoms with Crippen LogP contribution in [0.1, 0.15) is 63.2 Å². The number of amides is 2. The third-order valence-electron chi connectivity index (χ3n) is 10.1. The number of anilines is 4. The molecule has 2 aliphatic carbocycles. The van der Waals surface area contributed by atoms with E-state index in [4.69, 9.17) is 15.6 Å². The van der Waals surface area contributed by atoms with E-state index in [1.165, 1.54) is 17.0 Å². The predicted octanol–water partition coefficient (Wildman–Crippen LogP) is 2.46. The van der Waals surface area contributed by atoms with Crippen molar-refractivity contribution >= 4 is 47.1 Å². The standard InChI is InChI=1S/C30H39N7O8/c1-29(2)16-10-11-30(29,3)20(12-16)45-28(44)37-18(14-33-23-22(37)25(41)36-27(31)35-23)13-32-17-6-4-15(5-7-17)24(40)34-19(26(42)43)8-9-21(38)39/h4-7,16,18-20,32H,8-14H2,1-3H3,(H,34,40)(H,38,39)(H,42,43)(H4,31,33,35,36,41). The number of H-pyrrole nitrogens is 1. The van der Waals surface area contributed by atoms with Crippen molar-refractivity contribution in [1.82, 2.24) is 15.3 Å². The van der Waals surface area contributed by atoms with Crippen LogP contribution in [0.4, 0.5) is 27.9 Å². The molecule has 0 spiro atoms. The number of carbonyl (C=O) groups is 4. The van der Waals surface area contributed by atoms with E-state index in [9.17, 15) is 29.1 Å².